The van der Waals surface area contributed by atoms with Gasteiger partial charge in [-0.2, -0.15) is 4.31 Å². The number of para-hydroxylation sites is 1. The number of hydrogen-bond donors (Lipinski definition) is 1. The third kappa shape index (κ3) is 3.86. The van der Waals surface area contributed by atoms with E-state index in [1.165, 1.54) is 33.5 Å². The van der Waals surface area contributed by atoms with E-state index in [0.717, 1.165) is 0 Å². The van der Waals surface area contributed by atoms with E-state index in [4.69, 9.17) is 0 Å². The zero-order chi connectivity index (χ0) is 24.7. The zero-order valence-electron chi connectivity index (χ0n) is 19.4. The third-order valence-electron chi connectivity index (χ3n) is 6.53. The molecule has 2 aromatic rings. The minimum atomic E-state index is -3.60. The van der Waals surface area contributed by atoms with Gasteiger partial charge < -0.3 is 10.2 Å². The lowest BCUT2D eigenvalue weighted by molar-refractivity contribution is -0.120. The van der Waals surface area contributed by atoms with Crippen LogP contribution in [0.15, 0.2) is 53.4 Å². The fourth-order valence-corrected chi connectivity index (χ4v) is 6.17. The third-order valence-corrected chi connectivity index (χ3v) is 8.59. The van der Waals surface area contributed by atoms with Crippen molar-refractivity contribution < 1.29 is 22.8 Å². The first-order chi connectivity index (χ1) is 16.1. The number of fused-ring (bicyclic) bond motifs is 3. The molecule has 9 nitrogen and oxygen atoms in total. The molecule has 1 atom stereocenters. The molecule has 0 aromatic heterocycles. The van der Waals surface area contributed by atoms with Crippen LogP contribution in [0.5, 0.6) is 0 Å². The van der Waals surface area contributed by atoms with Gasteiger partial charge in [0.2, 0.25) is 21.8 Å². The van der Waals surface area contributed by atoms with E-state index < -0.39 is 21.6 Å². The highest BCUT2D eigenvalue weighted by molar-refractivity contribution is 7.89. The first-order valence-corrected chi connectivity index (χ1v) is 12.7. The summed E-state index contributed by atoms with van der Waals surface area (Å²) in [5.41, 5.74) is 0.438. The largest absolute Gasteiger partial charge is 0.325 e. The Labute approximate surface area is 199 Å². The van der Waals surface area contributed by atoms with Crippen LogP contribution in [0, 0.1) is 0 Å². The minimum Gasteiger partial charge on any atom is -0.325 e. The standard InChI is InChI=1S/C24H28N4O5S/c1-4-26(5-2)34(32,33)18-12-10-17(11-13-18)25-21(29)16-27-23(31)19-8-6-7-9-20(19)28-22(30)14-15-24(27,28)3/h6-13H,4-5,14-16H2,1-3H3,(H,25,29)/t24-/m1/s1. The Bertz CT molecular complexity index is 1240. The van der Waals surface area contributed by atoms with Gasteiger partial charge in [0, 0.05) is 25.2 Å². The summed E-state index contributed by atoms with van der Waals surface area (Å²) < 4.78 is 26.7. The summed E-state index contributed by atoms with van der Waals surface area (Å²) in [6, 6.07) is 12.9. The summed E-state index contributed by atoms with van der Waals surface area (Å²) in [6.45, 7) is 5.83. The number of benzene rings is 2. The van der Waals surface area contributed by atoms with Crippen molar-refractivity contribution >= 4 is 39.1 Å². The average Bonchev–Trinajstić information content (AvgIpc) is 3.13. The van der Waals surface area contributed by atoms with Crippen LogP contribution in [-0.4, -0.2) is 60.6 Å². The molecule has 0 radical (unpaired) electrons. The predicted octanol–water partition coefficient (Wildman–Crippen LogP) is 2.65. The summed E-state index contributed by atoms with van der Waals surface area (Å²) >= 11 is 0. The van der Waals surface area contributed by atoms with Crippen molar-refractivity contribution in [3.05, 3.63) is 54.1 Å². The number of nitrogens with one attached hydrogen (secondary N) is 1. The van der Waals surface area contributed by atoms with E-state index >= 15 is 0 Å². The number of anilines is 2. The molecule has 2 aromatic carbocycles. The summed E-state index contributed by atoms with van der Waals surface area (Å²) in [4.78, 5) is 42.0. The molecule has 10 heteroatoms. The molecule has 1 saturated heterocycles. The summed E-state index contributed by atoms with van der Waals surface area (Å²) in [6.07, 6.45) is 0.718. The van der Waals surface area contributed by atoms with Crippen LogP contribution >= 0.6 is 0 Å². The van der Waals surface area contributed by atoms with Gasteiger partial charge >= 0.3 is 0 Å². The van der Waals surface area contributed by atoms with Gasteiger partial charge in [-0.1, -0.05) is 26.0 Å². The second kappa shape index (κ2) is 8.84. The molecule has 0 spiro atoms. The summed E-state index contributed by atoms with van der Waals surface area (Å²) in [5.74, 6) is -0.828. The van der Waals surface area contributed by atoms with E-state index in [2.05, 4.69) is 5.32 Å². The first kappa shape index (κ1) is 23.9. The quantitative estimate of drug-likeness (QED) is 0.650. The van der Waals surface area contributed by atoms with Crippen LogP contribution in [0.25, 0.3) is 0 Å². The normalized spacial score (nSPS) is 19.9. The van der Waals surface area contributed by atoms with Crippen LogP contribution in [0.2, 0.25) is 0 Å². The second-order valence-electron chi connectivity index (χ2n) is 8.52. The molecule has 1 N–H and O–H groups in total. The van der Waals surface area contributed by atoms with Crippen molar-refractivity contribution in [2.45, 2.75) is 44.2 Å². The van der Waals surface area contributed by atoms with Crippen molar-refractivity contribution in [2.75, 3.05) is 29.9 Å². The van der Waals surface area contributed by atoms with E-state index in [9.17, 15) is 22.8 Å². The van der Waals surface area contributed by atoms with Gasteiger partial charge in [-0.25, -0.2) is 8.42 Å². The minimum absolute atomic E-state index is 0.0853. The molecule has 2 aliphatic heterocycles. The molecule has 0 saturated carbocycles. The Hall–Kier alpha value is -3.24. The van der Waals surface area contributed by atoms with Crippen LogP contribution in [0.1, 0.15) is 44.0 Å². The highest BCUT2D eigenvalue weighted by atomic mass is 32.2. The van der Waals surface area contributed by atoms with Crippen molar-refractivity contribution in [1.82, 2.24) is 9.21 Å². The topological polar surface area (TPSA) is 107 Å². The maximum Gasteiger partial charge on any atom is 0.258 e. The second-order valence-corrected chi connectivity index (χ2v) is 10.5. The molecular formula is C24H28N4O5S. The lowest BCUT2D eigenvalue weighted by Crippen LogP contribution is -2.63. The SMILES string of the molecule is CCN(CC)S(=O)(=O)c1ccc(NC(=O)CN2C(=O)c3ccccc3N3C(=O)CC[C@]23C)cc1. The van der Waals surface area contributed by atoms with Crippen LogP contribution in [-0.2, 0) is 19.6 Å². The van der Waals surface area contributed by atoms with Gasteiger partial charge in [-0.3, -0.25) is 19.3 Å². The Morgan fingerprint density at radius 2 is 1.71 bits per heavy atom. The van der Waals surface area contributed by atoms with Gasteiger partial charge in [0.1, 0.15) is 12.2 Å². The van der Waals surface area contributed by atoms with E-state index in [-0.39, 0.29) is 23.3 Å². The number of sulfonamides is 1. The van der Waals surface area contributed by atoms with Gasteiger partial charge in [-0.05, 0) is 49.7 Å². The fourth-order valence-electron chi connectivity index (χ4n) is 4.71. The van der Waals surface area contributed by atoms with Gasteiger partial charge in [0.05, 0.1) is 16.1 Å². The molecule has 3 amide bonds. The van der Waals surface area contributed by atoms with E-state index in [1.807, 2.05) is 0 Å². The lowest BCUT2D eigenvalue weighted by atomic mass is 9.98. The number of carbonyl (C=O) groups is 3. The van der Waals surface area contributed by atoms with Crippen LogP contribution in [0.4, 0.5) is 11.4 Å². The number of rotatable bonds is 7. The molecule has 2 aliphatic rings. The van der Waals surface area contributed by atoms with E-state index in [0.29, 0.717) is 42.9 Å². The van der Waals surface area contributed by atoms with Crippen LogP contribution in [0.3, 0.4) is 0 Å². The van der Waals surface area contributed by atoms with Crippen molar-refractivity contribution in [3.8, 4) is 0 Å². The summed E-state index contributed by atoms with van der Waals surface area (Å²) in [7, 11) is -3.60. The molecule has 2 heterocycles. The molecule has 0 aliphatic carbocycles. The Morgan fingerprint density at radius 1 is 1.06 bits per heavy atom. The van der Waals surface area contributed by atoms with Crippen molar-refractivity contribution in [2.24, 2.45) is 0 Å². The Morgan fingerprint density at radius 3 is 2.35 bits per heavy atom. The molecule has 4 rings (SSSR count). The number of amides is 3. The molecular weight excluding hydrogens is 456 g/mol. The maximum atomic E-state index is 13.3. The molecule has 0 bridgehead atoms. The highest BCUT2D eigenvalue weighted by Gasteiger charge is 2.53. The first-order valence-electron chi connectivity index (χ1n) is 11.3. The molecule has 34 heavy (non-hydrogen) atoms. The monoisotopic (exact) mass is 484 g/mol. The number of nitrogens with zero attached hydrogens (tertiary/aromatic N) is 3. The van der Waals surface area contributed by atoms with Gasteiger partial charge in [-0.15, -0.1) is 0 Å². The molecule has 180 valence electrons. The lowest BCUT2D eigenvalue weighted by Gasteiger charge is -2.48. The van der Waals surface area contributed by atoms with Crippen molar-refractivity contribution in [3.63, 3.8) is 0 Å². The van der Waals surface area contributed by atoms with Gasteiger partial charge in [0.25, 0.3) is 5.91 Å². The van der Waals surface area contributed by atoms with Crippen LogP contribution < -0.4 is 10.2 Å². The zero-order valence-corrected chi connectivity index (χ0v) is 20.3. The fraction of sp³-hybridized carbons (Fsp3) is 0.375. The average molecular weight is 485 g/mol. The summed E-state index contributed by atoms with van der Waals surface area (Å²) in [5, 5.41) is 2.73. The number of hydrogen-bond acceptors (Lipinski definition) is 5. The molecule has 0 unspecified atom stereocenters. The maximum absolute atomic E-state index is 13.3. The Kier molecular flexibility index (Phi) is 6.22. The number of carbonyl (C=O) groups excluding carboxylic acids is 3. The van der Waals surface area contributed by atoms with Crippen molar-refractivity contribution in [1.29, 1.82) is 0 Å². The van der Waals surface area contributed by atoms with Gasteiger partial charge in [0.15, 0.2) is 0 Å². The Balaban J connectivity index is 1.53. The predicted molar refractivity (Wildman–Crippen MR) is 128 cm³/mol. The molecule has 1 fully saturated rings. The van der Waals surface area contributed by atoms with E-state index in [1.54, 1.807) is 49.9 Å². The smallest absolute Gasteiger partial charge is 0.258 e. The highest BCUT2D eigenvalue weighted by Crippen LogP contribution is 2.43.